The van der Waals surface area contributed by atoms with Gasteiger partial charge in [0, 0.05) is 17.0 Å². The molecule has 0 saturated carbocycles. The van der Waals surface area contributed by atoms with Crippen molar-refractivity contribution in [3.8, 4) is 5.75 Å². The van der Waals surface area contributed by atoms with Gasteiger partial charge in [-0.05, 0) is 54.4 Å². The highest BCUT2D eigenvalue weighted by atomic mass is 35.5. The lowest BCUT2D eigenvalue weighted by Gasteiger charge is -2.23. The molecule has 0 spiro atoms. The van der Waals surface area contributed by atoms with Crippen molar-refractivity contribution in [2.45, 2.75) is 25.5 Å². The fourth-order valence-corrected chi connectivity index (χ4v) is 5.96. The Bertz CT molecular complexity index is 1550. The van der Waals surface area contributed by atoms with Crippen molar-refractivity contribution >= 4 is 55.7 Å². The van der Waals surface area contributed by atoms with Crippen LogP contribution in [0.25, 0.3) is 16.0 Å². The van der Waals surface area contributed by atoms with Crippen LogP contribution < -0.4 is 9.64 Å². The minimum absolute atomic E-state index is 0.0328. The quantitative estimate of drug-likeness (QED) is 0.214. The van der Waals surface area contributed by atoms with Crippen LogP contribution in [0, 0.1) is 0 Å². The van der Waals surface area contributed by atoms with Gasteiger partial charge in [-0.3, -0.25) is 14.5 Å². The molecule has 1 aromatic heterocycles. The van der Waals surface area contributed by atoms with Crippen molar-refractivity contribution in [3.05, 3.63) is 94.0 Å². The maximum absolute atomic E-state index is 13.4. The number of hydrogen-bond donors (Lipinski definition) is 1. The minimum atomic E-state index is -0.823. The van der Waals surface area contributed by atoms with Crippen LogP contribution in [0.15, 0.2) is 72.3 Å². The minimum Gasteiger partial charge on any atom is -0.507 e. The van der Waals surface area contributed by atoms with Crippen molar-refractivity contribution < 1.29 is 19.4 Å². The molecule has 3 heterocycles. The molecular formula is C27H19ClN2O4S. The number of carbonyl (C=O) groups is 2. The highest BCUT2D eigenvalue weighted by Gasteiger charge is 2.48. The van der Waals surface area contributed by atoms with Gasteiger partial charge < -0.3 is 9.84 Å². The number of carbonyl (C=O) groups excluding carboxylic acids is 2. The molecule has 1 fully saturated rings. The maximum Gasteiger partial charge on any atom is 0.301 e. The summed E-state index contributed by atoms with van der Waals surface area (Å²) in [5.74, 6) is -0.934. The molecule has 1 amide bonds. The van der Waals surface area contributed by atoms with Crippen LogP contribution in [-0.4, -0.2) is 27.9 Å². The van der Waals surface area contributed by atoms with E-state index in [9.17, 15) is 14.7 Å². The normalized spacial score (nSPS) is 20.9. The lowest BCUT2D eigenvalue weighted by atomic mass is 9.94. The molecule has 2 unspecified atom stereocenters. The summed E-state index contributed by atoms with van der Waals surface area (Å²) in [6.07, 6.45) is 0.756. The SMILES string of the molecule is CC1Cc2cc(/C(O)=C3\C(=O)C(=O)N(c4nc5ccc(Cl)cc5s4)C3c3ccccc3)ccc2O1. The number of ether oxygens (including phenoxy) is 1. The first-order valence-corrected chi connectivity index (χ1v) is 12.3. The van der Waals surface area contributed by atoms with Crippen LogP contribution in [-0.2, 0) is 16.0 Å². The zero-order chi connectivity index (χ0) is 24.3. The highest BCUT2D eigenvalue weighted by molar-refractivity contribution is 7.22. The van der Waals surface area contributed by atoms with Crippen molar-refractivity contribution in [3.63, 3.8) is 0 Å². The van der Waals surface area contributed by atoms with Gasteiger partial charge in [0.1, 0.15) is 17.6 Å². The molecule has 6 rings (SSSR count). The second kappa shape index (κ2) is 8.22. The molecule has 1 N–H and O–H groups in total. The van der Waals surface area contributed by atoms with E-state index < -0.39 is 17.7 Å². The number of amides is 1. The fourth-order valence-electron chi connectivity index (χ4n) is 4.69. The summed E-state index contributed by atoms with van der Waals surface area (Å²) in [5, 5.41) is 12.3. The monoisotopic (exact) mass is 502 g/mol. The third-order valence-corrected chi connectivity index (χ3v) is 7.53. The summed E-state index contributed by atoms with van der Waals surface area (Å²) in [5.41, 5.74) is 2.83. The molecule has 2 atom stereocenters. The topological polar surface area (TPSA) is 79.7 Å². The average Bonchev–Trinajstić information content (AvgIpc) is 3.51. The number of aliphatic hydroxyl groups excluding tert-OH is 1. The first kappa shape index (κ1) is 21.8. The Morgan fingerprint density at radius 3 is 2.71 bits per heavy atom. The van der Waals surface area contributed by atoms with Gasteiger partial charge >= 0.3 is 5.91 Å². The number of ketones is 1. The standard InChI is InChI=1S/C27H19ClN2O4S/c1-14-11-17-12-16(7-10-20(17)34-14)24(31)22-23(15-5-3-2-4-6-15)30(26(33)25(22)32)27-29-19-9-8-18(28)13-21(19)35-27/h2-10,12-14,23,31H,11H2,1H3/b24-22+. The summed E-state index contributed by atoms with van der Waals surface area (Å²) in [6, 6.07) is 19.0. The van der Waals surface area contributed by atoms with Gasteiger partial charge in [-0.1, -0.05) is 53.3 Å². The zero-order valence-corrected chi connectivity index (χ0v) is 20.1. The molecule has 174 valence electrons. The first-order valence-electron chi connectivity index (χ1n) is 11.1. The Morgan fingerprint density at radius 2 is 1.91 bits per heavy atom. The predicted molar refractivity (Wildman–Crippen MR) is 136 cm³/mol. The van der Waals surface area contributed by atoms with Gasteiger partial charge in [-0.15, -0.1) is 0 Å². The Morgan fingerprint density at radius 1 is 1.11 bits per heavy atom. The molecule has 2 aliphatic rings. The Kier molecular flexibility index (Phi) is 5.12. The summed E-state index contributed by atoms with van der Waals surface area (Å²) in [7, 11) is 0. The number of anilines is 1. The molecule has 0 radical (unpaired) electrons. The van der Waals surface area contributed by atoms with Crippen LogP contribution in [0.1, 0.15) is 29.7 Å². The zero-order valence-electron chi connectivity index (χ0n) is 18.6. The average molecular weight is 503 g/mol. The molecule has 3 aromatic carbocycles. The Hall–Kier alpha value is -3.68. The number of fused-ring (bicyclic) bond motifs is 2. The Balaban J connectivity index is 1.53. The van der Waals surface area contributed by atoms with E-state index in [2.05, 4.69) is 4.98 Å². The lowest BCUT2D eigenvalue weighted by Crippen LogP contribution is -2.29. The molecule has 0 aliphatic carbocycles. The largest absolute Gasteiger partial charge is 0.507 e. The molecule has 35 heavy (non-hydrogen) atoms. The van der Waals surface area contributed by atoms with E-state index in [1.807, 2.05) is 43.3 Å². The fraction of sp³-hybridized carbons (Fsp3) is 0.148. The van der Waals surface area contributed by atoms with E-state index in [-0.39, 0.29) is 17.4 Å². The van der Waals surface area contributed by atoms with Gasteiger partial charge in [-0.2, -0.15) is 0 Å². The molecule has 8 heteroatoms. The van der Waals surface area contributed by atoms with Gasteiger partial charge in [0.2, 0.25) is 0 Å². The number of Topliss-reactive ketones (excluding diaryl/α,β-unsaturated/α-hetero) is 1. The third kappa shape index (κ3) is 3.59. The van der Waals surface area contributed by atoms with Crippen LogP contribution in [0.2, 0.25) is 5.02 Å². The number of nitrogens with zero attached hydrogens (tertiary/aromatic N) is 2. The van der Waals surface area contributed by atoms with Crippen LogP contribution in [0.3, 0.4) is 0 Å². The molecule has 0 bridgehead atoms. The van der Waals surface area contributed by atoms with Gasteiger partial charge in [0.05, 0.1) is 21.8 Å². The second-order valence-electron chi connectivity index (χ2n) is 8.64. The number of hydrogen-bond acceptors (Lipinski definition) is 6. The number of benzene rings is 3. The van der Waals surface area contributed by atoms with E-state index in [1.54, 1.807) is 30.3 Å². The van der Waals surface area contributed by atoms with E-state index in [0.29, 0.717) is 33.2 Å². The number of aromatic nitrogens is 1. The summed E-state index contributed by atoms with van der Waals surface area (Å²) in [6.45, 7) is 1.98. The lowest BCUT2D eigenvalue weighted by molar-refractivity contribution is -0.132. The first-order chi connectivity index (χ1) is 16.9. The summed E-state index contributed by atoms with van der Waals surface area (Å²) < 4.78 is 6.56. The smallest absolute Gasteiger partial charge is 0.301 e. The molecule has 2 aliphatic heterocycles. The Labute approximate surface area is 210 Å². The van der Waals surface area contributed by atoms with Crippen LogP contribution >= 0.6 is 22.9 Å². The van der Waals surface area contributed by atoms with Crippen molar-refractivity contribution in [2.24, 2.45) is 0 Å². The van der Waals surface area contributed by atoms with Crippen molar-refractivity contribution in [2.75, 3.05) is 4.90 Å². The highest BCUT2D eigenvalue weighted by Crippen LogP contribution is 2.45. The predicted octanol–water partition coefficient (Wildman–Crippen LogP) is 5.90. The molecule has 1 saturated heterocycles. The molecule has 4 aromatic rings. The van der Waals surface area contributed by atoms with E-state index in [1.165, 1.54) is 16.2 Å². The number of rotatable bonds is 3. The van der Waals surface area contributed by atoms with Crippen molar-refractivity contribution in [1.29, 1.82) is 0 Å². The van der Waals surface area contributed by atoms with E-state index in [0.717, 1.165) is 16.0 Å². The van der Waals surface area contributed by atoms with E-state index in [4.69, 9.17) is 16.3 Å². The van der Waals surface area contributed by atoms with Gasteiger partial charge in [0.15, 0.2) is 5.13 Å². The maximum atomic E-state index is 13.4. The molecule has 6 nitrogen and oxygen atoms in total. The van der Waals surface area contributed by atoms with Gasteiger partial charge in [-0.25, -0.2) is 4.98 Å². The molecular weight excluding hydrogens is 484 g/mol. The second-order valence-corrected chi connectivity index (χ2v) is 10.1. The third-order valence-electron chi connectivity index (χ3n) is 6.27. The van der Waals surface area contributed by atoms with Crippen LogP contribution in [0.4, 0.5) is 5.13 Å². The summed E-state index contributed by atoms with van der Waals surface area (Å²) in [4.78, 5) is 32.7. The van der Waals surface area contributed by atoms with Gasteiger partial charge in [0.25, 0.3) is 5.78 Å². The summed E-state index contributed by atoms with van der Waals surface area (Å²) >= 11 is 7.42. The number of aliphatic hydroxyl groups is 1. The number of thiazole rings is 1. The number of halogens is 1. The van der Waals surface area contributed by atoms with E-state index >= 15 is 0 Å². The van der Waals surface area contributed by atoms with Crippen LogP contribution in [0.5, 0.6) is 5.75 Å². The van der Waals surface area contributed by atoms with Crippen molar-refractivity contribution in [1.82, 2.24) is 4.98 Å².